The monoisotopic (exact) mass is 281 g/mol. The number of alkyl halides is 3. The van der Waals surface area contributed by atoms with Gasteiger partial charge in [0.05, 0.1) is 0 Å². The third-order valence-electron chi connectivity index (χ3n) is 1.86. The predicted molar refractivity (Wildman–Crippen MR) is 58.8 cm³/mol. The Balaban J connectivity index is 4.30. The second-order valence-electron chi connectivity index (χ2n) is 4.68. The smallest absolute Gasteiger partial charge is 0.422 e. The highest BCUT2D eigenvalue weighted by molar-refractivity contribution is 5.99. The summed E-state index contributed by atoms with van der Waals surface area (Å²) in [6, 6.07) is 0. The molecule has 0 heterocycles. The number of amides is 2. The average molecular weight is 281 g/mol. The number of hydrogen-bond donors (Lipinski definition) is 1. The predicted octanol–water partition coefficient (Wildman–Crippen LogP) is 1.34. The van der Waals surface area contributed by atoms with Crippen LogP contribution in [0.1, 0.15) is 20.8 Å². The number of halogens is 3. The normalized spacial score (nSPS) is 11.7. The molecule has 0 spiro atoms. The summed E-state index contributed by atoms with van der Waals surface area (Å²) in [5.74, 6) is -3.41. The van der Waals surface area contributed by atoms with Gasteiger partial charge in [-0.25, -0.2) is 4.79 Å². The van der Waals surface area contributed by atoms with Gasteiger partial charge in [-0.2, -0.15) is 13.2 Å². The summed E-state index contributed by atoms with van der Waals surface area (Å²) in [4.78, 5) is 33.4. The largest absolute Gasteiger partial charge is 0.452 e. The Morgan fingerprint density at radius 3 is 2.00 bits per heavy atom. The molecule has 108 valence electrons. The summed E-state index contributed by atoms with van der Waals surface area (Å²) in [6.45, 7) is 6.12. The molecular weight excluding hydrogens is 267 g/mol. The Labute approximate surface area is 107 Å². The first-order valence-electron chi connectivity index (χ1n) is 5.13. The van der Waals surface area contributed by atoms with E-state index in [1.807, 2.05) is 5.32 Å². The van der Waals surface area contributed by atoms with Crippen LogP contribution in [0.15, 0.2) is 12.2 Å². The third-order valence-corrected chi connectivity index (χ3v) is 1.86. The fourth-order valence-electron chi connectivity index (χ4n) is 0.684. The van der Waals surface area contributed by atoms with E-state index in [9.17, 15) is 27.6 Å². The zero-order valence-corrected chi connectivity index (χ0v) is 10.7. The topological polar surface area (TPSA) is 72.5 Å². The molecule has 5 nitrogen and oxygen atoms in total. The van der Waals surface area contributed by atoms with E-state index < -0.39 is 41.6 Å². The molecule has 0 saturated carbocycles. The van der Waals surface area contributed by atoms with Crippen molar-refractivity contribution in [1.29, 1.82) is 0 Å². The number of nitrogens with one attached hydrogen (secondary N) is 1. The van der Waals surface area contributed by atoms with Crippen LogP contribution in [0.2, 0.25) is 0 Å². The van der Waals surface area contributed by atoms with Crippen LogP contribution in [0.25, 0.3) is 0 Å². The third kappa shape index (κ3) is 6.03. The lowest BCUT2D eigenvalue weighted by molar-refractivity contribution is -0.155. The van der Waals surface area contributed by atoms with Gasteiger partial charge in [0.15, 0.2) is 6.61 Å². The number of esters is 1. The first kappa shape index (κ1) is 17.1. The van der Waals surface area contributed by atoms with Crippen molar-refractivity contribution in [1.82, 2.24) is 5.32 Å². The van der Waals surface area contributed by atoms with Gasteiger partial charge in [-0.15, -0.1) is 0 Å². The van der Waals surface area contributed by atoms with Gasteiger partial charge in [0.2, 0.25) is 5.91 Å². The SMILES string of the molecule is C=C(C(=O)OCC(=O)NC(=O)C(C)(C)C)C(F)(F)F. The van der Waals surface area contributed by atoms with Crippen molar-refractivity contribution in [2.24, 2.45) is 5.41 Å². The van der Waals surface area contributed by atoms with Crippen molar-refractivity contribution in [3.63, 3.8) is 0 Å². The Morgan fingerprint density at radius 1 is 1.16 bits per heavy atom. The molecule has 0 unspecified atom stereocenters. The highest BCUT2D eigenvalue weighted by atomic mass is 19.4. The molecule has 0 aliphatic carbocycles. The summed E-state index contributed by atoms with van der Waals surface area (Å²) in [5.41, 5.74) is -2.57. The molecule has 0 rings (SSSR count). The summed E-state index contributed by atoms with van der Waals surface area (Å²) in [7, 11) is 0. The van der Waals surface area contributed by atoms with Gasteiger partial charge in [-0.1, -0.05) is 27.4 Å². The van der Waals surface area contributed by atoms with Crippen LogP contribution in [0.3, 0.4) is 0 Å². The van der Waals surface area contributed by atoms with Crippen molar-refractivity contribution in [3.8, 4) is 0 Å². The molecule has 1 N–H and O–H groups in total. The van der Waals surface area contributed by atoms with Crippen molar-refractivity contribution in [2.75, 3.05) is 6.61 Å². The molecule has 0 bridgehead atoms. The number of carbonyl (C=O) groups excluding carboxylic acids is 3. The van der Waals surface area contributed by atoms with E-state index in [0.29, 0.717) is 0 Å². The summed E-state index contributed by atoms with van der Waals surface area (Å²) in [6.07, 6.45) is -4.92. The van der Waals surface area contributed by atoms with Gasteiger partial charge in [0.25, 0.3) is 5.91 Å². The van der Waals surface area contributed by atoms with Crippen LogP contribution in [-0.4, -0.2) is 30.6 Å². The maximum atomic E-state index is 12.0. The van der Waals surface area contributed by atoms with Gasteiger partial charge in [0.1, 0.15) is 5.57 Å². The van der Waals surface area contributed by atoms with Gasteiger partial charge in [-0.05, 0) is 0 Å². The molecule has 0 fully saturated rings. The lowest BCUT2D eigenvalue weighted by Gasteiger charge is -2.16. The summed E-state index contributed by atoms with van der Waals surface area (Å²) >= 11 is 0. The van der Waals surface area contributed by atoms with Crippen LogP contribution < -0.4 is 5.32 Å². The van der Waals surface area contributed by atoms with Crippen LogP contribution in [-0.2, 0) is 19.1 Å². The molecule has 0 aromatic carbocycles. The van der Waals surface area contributed by atoms with Crippen LogP contribution >= 0.6 is 0 Å². The fraction of sp³-hybridized carbons (Fsp3) is 0.545. The standard InChI is InChI=1S/C11H14F3NO4/c1-6(11(12,13)14)8(17)19-5-7(16)15-9(18)10(2,3)4/h1,5H2,2-4H3,(H,15,16,18). The minimum atomic E-state index is -4.92. The van der Waals surface area contributed by atoms with Crippen LogP contribution in [0.4, 0.5) is 13.2 Å². The Morgan fingerprint density at radius 2 is 1.63 bits per heavy atom. The molecule has 2 amide bonds. The van der Waals surface area contributed by atoms with Crippen molar-refractivity contribution >= 4 is 17.8 Å². The van der Waals surface area contributed by atoms with Crippen LogP contribution in [0, 0.1) is 5.41 Å². The van der Waals surface area contributed by atoms with Crippen molar-refractivity contribution < 1.29 is 32.3 Å². The fourth-order valence-corrected chi connectivity index (χ4v) is 0.684. The first-order valence-corrected chi connectivity index (χ1v) is 5.13. The molecule has 0 aliphatic rings. The number of rotatable bonds is 3. The molecule has 0 atom stereocenters. The average Bonchev–Trinajstić information content (AvgIpc) is 2.22. The van der Waals surface area contributed by atoms with E-state index in [4.69, 9.17) is 0 Å². The molecular formula is C11H14F3NO4. The zero-order valence-electron chi connectivity index (χ0n) is 10.7. The molecule has 0 saturated heterocycles. The summed E-state index contributed by atoms with van der Waals surface area (Å²) in [5, 5.41) is 1.89. The van der Waals surface area contributed by atoms with E-state index in [0.717, 1.165) is 0 Å². The second kappa shape index (κ2) is 5.85. The van der Waals surface area contributed by atoms with Crippen molar-refractivity contribution in [2.45, 2.75) is 26.9 Å². The van der Waals surface area contributed by atoms with Gasteiger partial charge < -0.3 is 4.74 Å². The zero-order chi connectivity index (χ0) is 15.4. The lowest BCUT2D eigenvalue weighted by Crippen LogP contribution is -2.41. The first-order chi connectivity index (χ1) is 8.35. The van der Waals surface area contributed by atoms with Crippen molar-refractivity contribution in [3.05, 3.63) is 12.2 Å². The van der Waals surface area contributed by atoms with E-state index in [1.165, 1.54) is 20.8 Å². The van der Waals surface area contributed by atoms with E-state index in [1.54, 1.807) is 0 Å². The molecule has 0 aliphatic heterocycles. The van der Waals surface area contributed by atoms with Gasteiger partial charge >= 0.3 is 12.1 Å². The Bertz CT molecular complexity index is 407. The Kier molecular flexibility index (Phi) is 5.28. The number of ether oxygens (including phenoxy) is 1. The van der Waals surface area contributed by atoms with E-state index in [-0.39, 0.29) is 0 Å². The number of hydrogen-bond acceptors (Lipinski definition) is 4. The highest BCUT2D eigenvalue weighted by Gasteiger charge is 2.38. The quantitative estimate of drug-likeness (QED) is 0.626. The molecule has 0 aromatic rings. The molecule has 19 heavy (non-hydrogen) atoms. The van der Waals surface area contributed by atoms with Crippen LogP contribution in [0.5, 0.6) is 0 Å². The Hall–Kier alpha value is -1.86. The highest BCUT2D eigenvalue weighted by Crippen LogP contribution is 2.24. The van der Waals surface area contributed by atoms with Gasteiger partial charge in [0, 0.05) is 5.41 Å². The van der Waals surface area contributed by atoms with Gasteiger partial charge in [-0.3, -0.25) is 14.9 Å². The maximum Gasteiger partial charge on any atom is 0.422 e. The number of imide groups is 1. The molecule has 0 radical (unpaired) electrons. The van der Waals surface area contributed by atoms with E-state index in [2.05, 4.69) is 11.3 Å². The lowest BCUT2D eigenvalue weighted by atomic mass is 9.96. The maximum absolute atomic E-state index is 12.0. The number of carbonyl (C=O) groups is 3. The minimum absolute atomic E-state index is 0.636. The molecule has 0 aromatic heterocycles. The van der Waals surface area contributed by atoms with E-state index >= 15 is 0 Å². The molecule has 8 heteroatoms. The second-order valence-corrected chi connectivity index (χ2v) is 4.68. The summed E-state index contributed by atoms with van der Waals surface area (Å²) < 4.78 is 40.2. The minimum Gasteiger partial charge on any atom is -0.452 e.